The summed E-state index contributed by atoms with van der Waals surface area (Å²) in [6.45, 7) is 2.02. The summed E-state index contributed by atoms with van der Waals surface area (Å²) in [5, 5.41) is 3.00. The number of hydrogen-bond donors (Lipinski definition) is 1. The Morgan fingerprint density at radius 2 is 2.28 bits per heavy atom. The summed E-state index contributed by atoms with van der Waals surface area (Å²) in [6, 6.07) is 4.94. The zero-order chi connectivity index (χ0) is 13.1. The number of benzene rings is 1. The van der Waals surface area contributed by atoms with Gasteiger partial charge in [-0.3, -0.25) is 10.1 Å². The summed E-state index contributed by atoms with van der Waals surface area (Å²) < 4.78 is 6.15. The highest BCUT2D eigenvalue weighted by Crippen LogP contribution is 2.14. The van der Waals surface area contributed by atoms with E-state index in [0.29, 0.717) is 23.2 Å². The van der Waals surface area contributed by atoms with Crippen LogP contribution in [-0.2, 0) is 11.8 Å². The third-order valence-corrected chi connectivity index (χ3v) is 2.44. The molecule has 0 saturated carbocycles. The van der Waals surface area contributed by atoms with Gasteiger partial charge in [0.2, 0.25) is 0 Å². The molecule has 2 aromatic rings. The molecule has 0 fully saturated rings. The highest BCUT2D eigenvalue weighted by molar-refractivity contribution is 5.89. The van der Waals surface area contributed by atoms with Crippen molar-refractivity contribution < 1.29 is 9.53 Å². The van der Waals surface area contributed by atoms with E-state index in [0.717, 1.165) is 0 Å². The second-order valence-corrected chi connectivity index (χ2v) is 3.74. The summed E-state index contributed by atoms with van der Waals surface area (Å²) in [5.41, 5.74) is 0.936. The van der Waals surface area contributed by atoms with E-state index in [9.17, 15) is 9.59 Å². The molecule has 0 aliphatic heterocycles. The molecule has 94 valence electrons. The van der Waals surface area contributed by atoms with Gasteiger partial charge in [-0.15, -0.1) is 0 Å². The van der Waals surface area contributed by atoms with Gasteiger partial charge in [-0.05, 0) is 25.1 Å². The van der Waals surface area contributed by atoms with Crippen LogP contribution in [0.4, 0.5) is 10.5 Å². The lowest BCUT2D eigenvalue weighted by atomic mass is 10.2. The second kappa shape index (κ2) is 4.87. The molecule has 0 unspecified atom stereocenters. The minimum atomic E-state index is -0.544. The van der Waals surface area contributed by atoms with Crippen LogP contribution in [0.2, 0.25) is 0 Å². The zero-order valence-corrected chi connectivity index (χ0v) is 10.1. The first-order valence-electron chi connectivity index (χ1n) is 5.51. The van der Waals surface area contributed by atoms with E-state index in [2.05, 4.69) is 10.3 Å². The Balaban J connectivity index is 2.40. The Morgan fingerprint density at radius 1 is 1.50 bits per heavy atom. The van der Waals surface area contributed by atoms with Gasteiger partial charge in [0.05, 0.1) is 23.8 Å². The Hall–Kier alpha value is -2.37. The lowest BCUT2D eigenvalue weighted by Gasteiger charge is -2.06. The number of carbonyl (C=O) groups is 1. The van der Waals surface area contributed by atoms with Crippen LogP contribution >= 0.6 is 0 Å². The summed E-state index contributed by atoms with van der Waals surface area (Å²) in [6.07, 6.45) is 0.918. The van der Waals surface area contributed by atoms with Gasteiger partial charge in [-0.25, -0.2) is 9.78 Å². The number of aryl methyl sites for hydroxylation is 1. The van der Waals surface area contributed by atoms with Crippen LogP contribution in [0.5, 0.6) is 0 Å². The predicted octanol–water partition coefficient (Wildman–Crippen LogP) is 1.50. The van der Waals surface area contributed by atoms with Gasteiger partial charge < -0.3 is 9.30 Å². The molecule has 0 aliphatic carbocycles. The van der Waals surface area contributed by atoms with Crippen molar-refractivity contribution in [3.63, 3.8) is 0 Å². The number of anilines is 1. The standard InChI is InChI=1S/C12H13N3O3/c1-3-18-12(17)14-8-4-5-10-9(6-8)11(16)15(2)7-13-10/h4-7H,3H2,1-2H3,(H,14,17). The molecule has 0 saturated heterocycles. The topological polar surface area (TPSA) is 73.2 Å². The van der Waals surface area contributed by atoms with E-state index >= 15 is 0 Å². The lowest BCUT2D eigenvalue weighted by Crippen LogP contribution is -2.18. The van der Waals surface area contributed by atoms with Crippen LogP contribution in [0, 0.1) is 0 Å². The highest BCUT2D eigenvalue weighted by Gasteiger charge is 2.06. The van der Waals surface area contributed by atoms with E-state index in [1.807, 2.05) is 0 Å². The van der Waals surface area contributed by atoms with Crippen molar-refractivity contribution >= 4 is 22.7 Å². The van der Waals surface area contributed by atoms with E-state index in [1.165, 1.54) is 10.9 Å². The van der Waals surface area contributed by atoms with Crippen LogP contribution in [0.15, 0.2) is 29.3 Å². The minimum Gasteiger partial charge on any atom is -0.450 e. The SMILES string of the molecule is CCOC(=O)Nc1ccc2ncn(C)c(=O)c2c1. The lowest BCUT2D eigenvalue weighted by molar-refractivity contribution is 0.168. The van der Waals surface area contributed by atoms with E-state index in [4.69, 9.17) is 4.74 Å². The van der Waals surface area contributed by atoms with Gasteiger partial charge >= 0.3 is 6.09 Å². The van der Waals surface area contributed by atoms with Crippen molar-refractivity contribution in [2.24, 2.45) is 7.05 Å². The number of amides is 1. The Bertz CT molecular complexity index is 649. The summed E-state index contributed by atoms with van der Waals surface area (Å²) in [7, 11) is 1.63. The molecule has 6 nitrogen and oxygen atoms in total. The summed E-state index contributed by atoms with van der Waals surface area (Å²) >= 11 is 0. The number of nitrogens with one attached hydrogen (secondary N) is 1. The first kappa shape index (κ1) is 12.1. The molecular weight excluding hydrogens is 234 g/mol. The summed E-state index contributed by atoms with van der Waals surface area (Å²) in [4.78, 5) is 27.3. The number of nitrogens with zero attached hydrogens (tertiary/aromatic N) is 2. The zero-order valence-electron chi connectivity index (χ0n) is 10.1. The van der Waals surface area contributed by atoms with Crippen LogP contribution in [-0.4, -0.2) is 22.3 Å². The molecule has 6 heteroatoms. The molecule has 1 heterocycles. The Kier molecular flexibility index (Phi) is 3.27. The third kappa shape index (κ3) is 2.32. The van der Waals surface area contributed by atoms with Crippen molar-refractivity contribution in [2.75, 3.05) is 11.9 Å². The maximum Gasteiger partial charge on any atom is 0.411 e. The van der Waals surface area contributed by atoms with Crippen molar-refractivity contribution in [2.45, 2.75) is 6.92 Å². The highest BCUT2D eigenvalue weighted by atomic mass is 16.5. The van der Waals surface area contributed by atoms with Gasteiger partial charge in [0.15, 0.2) is 0 Å². The molecule has 1 aromatic heterocycles. The average molecular weight is 247 g/mol. The largest absolute Gasteiger partial charge is 0.450 e. The molecule has 0 atom stereocenters. The maximum atomic E-state index is 11.9. The fourth-order valence-electron chi connectivity index (χ4n) is 1.57. The van der Waals surface area contributed by atoms with Gasteiger partial charge in [0.25, 0.3) is 5.56 Å². The normalized spacial score (nSPS) is 10.3. The predicted molar refractivity (Wildman–Crippen MR) is 67.6 cm³/mol. The molecule has 1 amide bonds. The van der Waals surface area contributed by atoms with Crippen LogP contribution in [0.25, 0.3) is 10.9 Å². The van der Waals surface area contributed by atoms with Gasteiger partial charge in [-0.1, -0.05) is 0 Å². The van der Waals surface area contributed by atoms with E-state index in [1.54, 1.807) is 32.2 Å². The van der Waals surface area contributed by atoms with Gasteiger partial charge in [0, 0.05) is 12.7 Å². The van der Waals surface area contributed by atoms with Crippen molar-refractivity contribution in [1.29, 1.82) is 0 Å². The fraction of sp³-hybridized carbons (Fsp3) is 0.250. The van der Waals surface area contributed by atoms with E-state index < -0.39 is 6.09 Å². The van der Waals surface area contributed by atoms with Crippen LogP contribution in [0.1, 0.15) is 6.92 Å². The molecule has 0 aliphatic rings. The Labute approximate surface area is 103 Å². The van der Waals surface area contributed by atoms with Crippen molar-refractivity contribution in [3.8, 4) is 0 Å². The number of ether oxygens (including phenoxy) is 1. The molecule has 0 radical (unpaired) electrons. The Morgan fingerprint density at radius 3 is 3.00 bits per heavy atom. The molecule has 0 bridgehead atoms. The molecule has 1 aromatic carbocycles. The number of aromatic nitrogens is 2. The maximum absolute atomic E-state index is 11.9. The molecule has 0 spiro atoms. The fourth-order valence-corrected chi connectivity index (χ4v) is 1.57. The number of rotatable bonds is 2. The minimum absolute atomic E-state index is 0.160. The second-order valence-electron chi connectivity index (χ2n) is 3.74. The van der Waals surface area contributed by atoms with Crippen molar-refractivity contribution in [1.82, 2.24) is 9.55 Å². The molecular formula is C12H13N3O3. The summed E-state index contributed by atoms with van der Waals surface area (Å²) in [5.74, 6) is 0. The first-order valence-corrected chi connectivity index (χ1v) is 5.51. The van der Waals surface area contributed by atoms with Gasteiger partial charge in [0.1, 0.15) is 0 Å². The number of carbonyl (C=O) groups excluding carboxylic acids is 1. The third-order valence-electron chi connectivity index (χ3n) is 2.44. The number of hydrogen-bond acceptors (Lipinski definition) is 4. The van der Waals surface area contributed by atoms with Crippen molar-refractivity contribution in [3.05, 3.63) is 34.9 Å². The van der Waals surface area contributed by atoms with Crippen LogP contribution in [0.3, 0.4) is 0 Å². The smallest absolute Gasteiger partial charge is 0.411 e. The molecule has 2 rings (SSSR count). The molecule has 1 N–H and O–H groups in total. The number of fused-ring (bicyclic) bond motifs is 1. The van der Waals surface area contributed by atoms with E-state index in [-0.39, 0.29) is 5.56 Å². The van der Waals surface area contributed by atoms with Gasteiger partial charge in [-0.2, -0.15) is 0 Å². The average Bonchev–Trinajstić information content (AvgIpc) is 2.35. The monoisotopic (exact) mass is 247 g/mol. The quantitative estimate of drug-likeness (QED) is 0.872. The van der Waals surface area contributed by atoms with Crippen LogP contribution < -0.4 is 10.9 Å². The first-order chi connectivity index (χ1) is 8.61. The molecule has 18 heavy (non-hydrogen) atoms.